The van der Waals surface area contributed by atoms with Crippen molar-refractivity contribution in [3.8, 4) is 0 Å². The number of ether oxygens (including phenoxy) is 1. The Morgan fingerprint density at radius 2 is 1.79 bits per heavy atom. The van der Waals surface area contributed by atoms with Crippen LogP contribution in [0.3, 0.4) is 0 Å². The average molecular weight is 419 g/mol. The van der Waals surface area contributed by atoms with Gasteiger partial charge in [-0.3, -0.25) is 0 Å². The molecule has 1 N–H and O–H groups in total. The highest BCUT2D eigenvalue weighted by Crippen LogP contribution is 2.36. The molecule has 0 saturated carbocycles. The Morgan fingerprint density at radius 3 is 2.52 bits per heavy atom. The number of rotatable bonds is 5. The van der Waals surface area contributed by atoms with Crippen LogP contribution in [0, 0.1) is 11.6 Å². The van der Waals surface area contributed by atoms with Crippen molar-refractivity contribution in [2.45, 2.75) is 42.6 Å². The number of amides is 1. The number of hydrogen-bond acceptors (Lipinski definition) is 3. The predicted octanol–water partition coefficient (Wildman–Crippen LogP) is 6.01. The van der Waals surface area contributed by atoms with Crippen molar-refractivity contribution < 1.29 is 18.3 Å². The minimum Gasteiger partial charge on any atom is -0.444 e. The van der Waals surface area contributed by atoms with E-state index in [1.54, 1.807) is 19.2 Å². The molecule has 0 saturated heterocycles. The summed E-state index contributed by atoms with van der Waals surface area (Å²) in [5.41, 5.74) is 0.933. The number of fused-ring (bicyclic) bond motifs is 1. The molecule has 2 aromatic carbocycles. The molecule has 0 bridgehead atoms. The van der Waals surface area contributed by atoms with Gasteiger partial charge in [-0.05, 0) is 69.2 Å². The van der Waals surface area contributed by atoms with Gasteiger partial charge in [-0.25, -0.2) is 13.6 Å². The fraction of sp³-hybridized carbons (Fsp3) is 0.318. The maximum atomic E-state index is 13.9. The Kier molecular flexibility index (Phi) is 6.17. The van der Waals surface area contributed by atoms with Crippen LogP contribution >= 0.6 is 11.8 Å². The third-order valence-corrected chi connectivity index (χ3v) is 5.45. The number of carbonyl (C=O) groups is 1. The van der Waals surface area contributed by atoms with Gasteiger partial charge in [0.05, 0.1) is 0 Å². The van der Waals surface area contributed by atoms with Crippen LogP contribution in [0.5, 0.6) is 0 Å². The molecular formula is C22H24F2N2O2S. The van der Waals surface area contributed by atoms with Crippen molar-refractivity contribution in [3.63, 3.8) is 0 Å². The van der Waals surface area contributed by atoms with Gasteiger partial charge in [-0.15, -0.1) is 0 Å². The van der Waals surface area contributed by atoms with Gasteiger partial charge in [0.1, 0.15) is 17.2 Å². The molecule has 0 radical (unpaired) electrons. The van der Waals surface area contributed by atoms with Crippen LogP contribution < -0.4 is 0 Å². The van der Waals surface area contributed by atoms with Crippen molar-refractivity contribution in [2.24, 2.45) is 0 Å². The number of aromatic amines is 1. The van der Waals surface area contributed by atoms with E-state index in [4.69, 9.17) is 4.74 Å². The molecule has 3 rings (SSSR count). The quantitative estimate of drug-likeness (QED) is 0.552. The monoisotopic (exact) mass is 418 g/mol. The number of hydrogen-bond donors (Lipinski definition) is 1. The van der Waals surface area contributed by atoms with Crippen LogP contribution in [0.25, 0.3) is 10.9 Å². The highest BCUT2D eigenvalue weighted by Gasteiger charge is 2.20. The predicted molar refractivity (Wildman–Crippen MR) is 111 cm³/mol. The third-order valence-electron chi connectivity index (χ3n) is 4.27. The molecule has 0 aliphatic heterocycles. The van der Waals surface area contributed by atoms with E-state index < -0.39 is 11.7 Å². The Labute approximate surface area is 173 Å². The van der Waals surface area contributed by atoms with Crippen molar-refractivity contribution >= 4 is 28.8 Å². The molecule has 1 heterocycles. The van der Waals surface area contributed by atoms with Crippen LogP contribution in [0.4, 0.5) is 13.6 Å². The summed E-state index contributed by atoms with van der Waals surface area (Å²) in [6, 6.07) is 9.22. The van der Waals surface area contributed by atoms with Gasteiger partial charge in [-0.2, -0.15) is 0 Å². The van der Waals surface area contributed by atoms with Crippen molar-refractivity contribution in [1.82, 2.24) is 9.88 Å². The molecule has 3 aromatic rings. The zero-order valence-corrected chi connectivity index (χ0v) is 17.7. The van der Waals surface area contributed by atoms with Crippen molar-refractivity contribution in [1.29, 1.82) is 0 Å². The fourth-order valence-electron chi connectivity index (χ4n) is 2.84. The van der Waals surface area contributed by atoms with Gasteiger partial charge in [-0.1, -0.05) is 11.8 Å². The van der Waals surface area contributed by atoms with Gasteiger partial charge in [0.2, 0.25) is 0 Å². The average Bonchev–Trinajstić information content (AvgIpc) is 3.02. The first-order valence-corrected chi connectivity index (χ1v) is 10.1. The summed E-state index contributed by atoms with van der Waals surface area (Å²) in [5.74, 6) is -0.631. The van der Waals surface area contributed by atoms with Crippen molar-refractivity contribution in [2.75, 3.05) is 13.6 Å². The minimum atomic E-state index is -0.569. The van der Waals surface area contributed by atoms with Gasteiger partial charge in [0.15, 0.2) is 0 Å². The zero-order chi connectivity index (χ0) is 21.2. The fourth-order valence-corrected chi connectivity index (χ4v) is 3.91. The number of carbonyl (C=O) groups excluding carboxylic acids is 1. The van der Waals surface area contributed by atoms with E-state index in [-0.39, 0.29) is 11.6 Å². The summed E-state index contributed by atoms with van der Waals surface area (Å²) < 4.78 is 32.6. The van der Waals surface area contributed by atoms with Crippen LogP contribution in [0.1, 0.15) is 26.3 Å². The van der Waals surface area contributed by atoms with E-state index in [1.165, 1.54) is 40.9 Å². The Hall–Kier alpha value is -2.54. The lowest BCUT2D eigenvalue weighted by atomic mass is 10.1. The molecule has 0 atom stereocenters. The van der Waals surface area contributed by atoms with Crippen molar-refractivity contribution in [3.05, 3.63) is 59.8 Å². The number of nitrogens with zero attached hydrogens (tertiary/aromatic N) is 1. The summed E-state index contributed by atoms with van der Waals surface area (Å²) in [6.45, 7) is 5.83. The van der Waals surface area contributed by atoms with Gasteiger partial charge in [0.25, 0.3) is 0 Å². The minimum absolute atomic E-state index is 0.302. The summed E-state index contributed by atoms with van der Waals surface area (Å²) in [7, 11) is 1.66. The number of halogens is 2. The summed E-state index contributed by atoms with van der Waals surface area (Å²) in [4.78, 5) is 18.5. The maximum absolute atomic E-state index is 13.9. The number of H-pyrrole nitrogens is 1. The maximum Gasteiger partial charge on any atom is 0.410 e. The van der Waals surface area contributed by atoms with Gasteiger partial charge in [0, 0.05) is 40.5 Å². The molecule has 0 aliphatic carbocycles. The van der Waals surface area contributed by atoms with E-state index >= 15 is 0 Å². The summed E-state index contributed by atoms with van der Waals surface area (Å²) >= 11 is 1.48. The normalized spacial score (nSPS) is 11.7. The van der Waals surface area contributed by atoms with E-state index in [2.05, 4.69) is 4.98 Å². The Balaban J connectivity index is 1.76. The second-order valence-corrected chi connectivity index (χ2v) is 8.93. The molecule has 0 spiro atoms. The Morgan fingerprint density at radius 1 is 1.10 bits per heavy atom. The van der Waals surface area contributed by atoms with E-state index in [0.717, 1.165) is 20.7 Å². The molecule has 1 aromatic heterocycles. The van der Waals surface area contributed by atoms with E-state index in [1.807, 2.05) is 27.0 Å². The topological polar surface area (TPSA) is 45.3 Å². The second-order valence-electron chi connectivity index (χ2n) is 7.85. The largest absolute Gasteiger partial charge is 0.444 e. The molecule has 1 amide bonds. The molecule has 29 heavy (non-hydrogen) atoms. The summed E-state index contributed by atoms with van der Waals surface area (Å²) in [6.07, 6.45) is 1.88. The smallest absolute Gasteiger partial charge is 0.410 e. The first-order chi connectivity index (χ1) is 13.6. The summed E-state index contributed by atoms with van der Waals surface area (Å²) in [5, 5.41) is 0.901. The number of benzene rings is 2. The molecule has 0 unspecified atom stereocenters. The van der Waals surface area contributed by atoms with Crippen LogP contribution in [0.15, 0.2) is 52.4 Å². The SMILES string of the molecule is CN(CCc1cc(F)ccc1Sc1c[nH]c2cc(F)ccc12)C(=O)OC(C)(C)C. The van der Waals surface area contributed by atoms with Gasteiger partial charge >= 0.3 is 6.09 Å². The lowest BCUT2D eigenvalue weighted by Gasteiger charge is -2.24. The first kappa shape index (κ1) is 21.2. The zero-order valence-electron chi connectivity index (χ0n) is 16.9. The first-order valence-electron chi connectivity index (χ1n) is 9.29. The van der Waals surface area contributed by atoms with Crippen LogP contribution in [-0.4, -0.2) is 35.2 Å². The number of nitrogens with one attached hydrogen (secondary N) is 1. The van der Waals surface area contributed by atoms with Crippen LogP contribution in [-0.2, 0) is 11.2 Å². The highest BCUT2D eigenvalue weighted by molar-refractivity contribution is 7.99. The lowest BCUT2D eigenvalue weighted by Crippen LogP contribution is -2.35. The molecule has 0 aliphatic rings. The third kappa shape index (κ3) is 5.50. The molecule has 0 fully saturated rings. The lowest BCUT2D eigenvalue weighted by molar-refractivity contribution is 0.0300. The van der Waals surface area contributed by atoms with Gasteiger partial charge < -0.3 is 14.6 Å². The Bertz CT molecular complexity index is 1030. The molecular weight excluding hydrogens is 394 g/mol. The molecule has 4 nitrogen and oxygen atoms in total. The van der Waals surface area contributed by atoms with E-state index in [9.17, 15) is 13.6 Å². The molecule has 7 heteroatoms. The standard InChI is InChI=1S/C22H24F2N2O2S/c1-22(2,3)28-21(27)26(4)10-9-14-11-15(23)6-8-19(14)29-20-13-25-18-12-16(24)5-7-17(18)20/h5-8,11-13,25H,9-10H2,1-4H3. The number of likely N-dealkylation sites (N-methyl/N-ethyl adjacent to an activating group) is 1. The van der Waals surface area contributed by atoms with Crippen LogP contribution in [0.2, 0.25) is 0 Å². The highest BCUT2D eigenvalue weighted by atomic mass is 32.2. The molecule has 154 valence electrons. The second kappa shape index (κ2) is 8.45. The number of aromatic nitrogens is 1. The van der Waals surface area contributed by atoms with E-state index in [0.29, 0.717) is 18.5 Å².